The molecule has 0 fully saturated rings. The molecule has 5 heteroatoms. The maximum atomic E-state index is 4.45. The summed E-state index contributed by atoms with van der Waals surface area (Å²) in [6, 6.07) is 19.7. The first kappa shape index (κ1) is 13.3. The fourth-order valence-electron chi connectivity index (χ4n) is 2.46. The number of rotatable bonds is 3. The van der Waals surface area contributed by atoms with Gasteiger partial charge in [-0.15, -0.1) is 0 Å². The average molecular weight is 299 g/mol. The van der Waals surface area contributed by atoms with E-state index in [-0.39, 0.29) is 0 Å². The van der Waals surface area contributed by atoms with Gasteiger partial charge in [0.2, 0.25) is 0 Å². The van der Waals surface area contributed by atoms with Gasteiger partial charge >= 0.3 is 0 Å². The molecule has 0 amide bonds. The Hall–Kier alpha value is -3.34. The van der Waals surface area contributed by atoms with E-state index < -0.39 is 0 Å². The van der Waals surface area contributed by atoms with Crippen LogP contribution in [0.15, 0.2) is 73.1 Å². The van der Waals surface area contributed by atoms with Crippen LogP contribution in [0.3, 0.4) is 0 Å². The molecule has 0 radical (unpaired) electrons. The highest BCUT2D eigenvalue weighted by Gasteiger charge is 2.14. The van der Waals surface area contributed by atoms with Gasteiger partial charge in [-0.05, 0) is 24.3 Å². The summed E-state index contributed by atoms with van der Waals surface area (Å²) in [6.07, 6.45) is 3.53. The summed E-state index contributed by atoms with van der Waals surface area (Å²) in [5.74, 6) is 0. The summed E-state index contributed by atoms with van der Waals surface area (Å²) >= 11 is 0. The predicted octanol–water partition coefficient (Wildman–Crippen LogP) is 3.60. The highest BCUT2D eigenvalue weighted by molar-refractivity contribution is 5.77. The van der Waals surface area contributed by atoms with Gasteiger partial charge < -0.3 is 0 Å². The minimum absolute atomic E-state index is 0.732. The van der Waals surface area contributed by atoms with Crippen molar-refractivity contribution in [3.63, 3.8) is 0 Å². The van der Waals surface area contributed by atoms with Gasteiger partial charge in [0.15, 0.2) is 0 Å². The predicted molar refractivity (Wildman–Crippen MR) is 88.3 cm³/mol. The molecule has 4 rings (SSSR count). The zero-order chi connectivity index (χ0) is 15.5. The van der Waals surface area contributed by atoms with Crippen molar-refractivity contribution >= 4 is 0 Å². The maximum Gasteiger partial charge on any atom is 0.139 e. The van der Waals surface area contributed by atoms with Gasteiger partial charge in [-0.2, -0.15) is 15.4 Å². The molecule has 0 aliphatic carbocycles. The molecule has 0 spiro atoms. The van der Waals surface area contributed by atoms with Crippen LogP contribution in [0.2, 0.25) is 0 Å². The third kappa shape index (κ3) is 2.60. The molecule has 0 unspecified atom stereocenters. The second kappa shape index (κ2) is 5.81. The van der Waals surface area contributed by atoms with Crippen molar-refractivity contribution in [1.29, 1.82) is 0 Å². The van der Waals surface area contributed by atoms with Crippen molar-refractivity contribution in [3.05, 3.63) is 73.1 Å². The lowest BCUT2D eigenvalue weighted by Gasteiger charge is -2.04. The number of nitrogens with one attached hydrogen (secondary N) is 1. The maximum absolute atomic E-state index is 4.45. The van der Waals surface area contributed by atoms with Crippen LogP contribution in [-0.2, 0) is 0 Å². The van der Waals surface area contributed by atoms with E-state index in [1.165, 1.54) is 0 Å². The SMILES string of the molecule is c1ccc(-c2cc(-c3n[nH]nc3-c3ccccn3)ccn2)cc1. The van der Waals surface area contributed by atoms with E-state index in [0.717, 1.165) is 33.9 Å². The lowest BCUT2D eigenvalue weighted by Crippen LogP contribution is -1.89. The monoisotopic (exact) mass is 299 g/mol. The van der Waals surface area contributed by atoms with Crippen LogP contribution >= 0.6 is 0 Å². The van der Waals surface area contributed by atoms with E-state index in [1.54, 1.807) is 12.4 Å². The standard InChI is InChI=1S/C18H13N5/c1-2-6-13(7-3-1)16-12-14(9-11-20-16)17-18(22-23-21-17)15-8-4-5-10-19-15/h1-12H,(H,21,22,23). The van der Waals surface area contributed by atoms with E-state index in [2.05, 4.69) is 25.4 Å². The molecule has 0 saturated carbocycles. The molecule has 1 aromatic carbocycles. The molecule has 110 valence electrons. The van der Waals surface area contributed by atoms with E-state index in [4.69, 9.17) is 0 Å². The molecule has 4 aromatic rings. The fourth-order valence-corrected chi connectivity index (χ4v) is 2.46. The molecule has 0 aliphatic heterocycles. The number of aromatic amines is 1. The van der Waals surface area contributed by atoms with Gasteiger partial charge in [-0.3, -0.25) is 9.97 Å². The van der Waals surface area contributed by atoms with Crippen molar-refractivity contribution in [2.45, 2.75) is 0 Å². The second-order valence-electron chi connectivity index (χ2n) is 5.03. The molecule has 5 nitrogen and oxygen atoms in total. The third-order valence-electron chi connectivity index (χ3n) is 3.56. The molecule has 3 heterocycles. The third-order valence-corrected chi connectivity index (χ3v) is 3.56. The Balaban J connectivity index is 1.80. The quantitative estimate of drug-likeness (QED) is 0.627. The number of hydrogen-bond acceptors (Lipinski definition) is 4. The first-order chi connectivity index (χ1) is 11.4. The smallest absolute Gasteiger partial charge is 0.139 e. The largest absolute Gasteiger partial charge is 0.256 e. The van der Waals surface area contributed by atoms with Gasteiger partial charge in [-0.25, -0.2) is 0 Å². The summed E-state index contributed by atoms with van der Waals surface area (Å²) in [5, 5.41) is 11.2. The zero-order valence-corrected chi connectivity index (χ0v) is 12.2. The van der Waals surface area contributed by atoms with Crippen molar-refractivity contribution in [2.75, 3.05) is 0 Å². The molecule has 1 N–H and O–H groups in total. The first-order valence-electron chi connectivity index (χ1n) is 7.26. The van der Waals surface area contributed by atoms with Crippen molar-refractivity contribution in [2.24, 2.45) is 0 Å². The van der Waals surface area contributed by atoms with Gasteiger partial charge in [-0.1, -0.05) is 36.4 Å². The number of hydrogen-bond donors (Lipinski definition) is 1. The second-order valence-corrected chi connectivity index (χ2v) is 5.03. The summed E-state index contributed by atoms with van der Waals surface area (Å²) in [5.41, 5.74) is 5.21. The Labute approximate surface area is 133 Å². The highest BCUT2D eigenvalue weighted by Crippen LogP contribution is 2.28. The van der Waals surface area contributed by atoms with E-state index in [0.29, 0.717) is 0 Å². The number of benzene rings is 1. The van der Waals surface area contributed by atoms with Gasteiger partial charge in [0.1, 0.15) is 11.4 Å². The number of aromatic nitrogens is 5. The molecular weight excluding hydrogens is 286 g/mol. The average Bonchev–Trinajstić information content (AvgIpc) is 3.13. The van der Waals surface area contributed by atoms with Crippen LogP contribution < -0.4 is 0 Å². The normalized spacial score (nSPS) is 10.6. The van der Waals surface area contributed by atoms with Gasteiger partial charge in [0.25, 0.3) is 0 Å². The van der Waals surface area contributed by atoms with Gasteiger partial charge in [0.05, 0.1) is 11.4 Å². The van der Waals surface area contributed by atoms with Crippen LogP contribution in [0.5, 0.6) is 0 Å². The summed E-state index contributed by atoms with van der Waals surface area (Å²) in [4.78, 5) is 8.80. The molecule has 0 saturated heterocycles. The molecule has 0 bridgehead atoms. The molecule has 0 atom stereocenters. The Bertz CT molecular complexity index is 916. The number of nitrogens with zero attached hydrogens (tertiary/aromatic N) is 4. The zero-order valence-electron chi connectivity index (χ0n) is 12.2. The molecule has 23 heavy (non-hydrogen) atoms. The molecule has 3 aromatic heterocycles. The van der Waals surface area contributed by atoms with Crippen molar-refractivity contribution in [1.82, 2.24) is 25.4 Å². The van der Waals surface area contributed by atoms with Crippen LogP contribution in [-0.4, -0.2) is 25.4 Å². The van der Waals surface area contributed by atoms with Crippen LogP contribution in [0.4, 0.5) is 0 Å². The van der Waals surface area contributed by atoms with E-state index in [9.17, 15) is 0 Å². The lowest BCUT2D eigenvalue weighted by molar-refractivity contribution is 0.942. The Morgan fingerprint density at radius 2 is 1.39 bits per heavy atom. The number of pyridine rings is 2. The summed E-state index contributed by atoms with van der Waals surface area (Å²) in [6.45, 7) is 0. The van der Waals surface area contributed by atoms with Crippen LogP contribution in [0, 0.1) is 0 Å². The minimum Gasteiger partial charge on any atom is -0.256 e. The lowest BCUT2D eigenvalue weighted by atomic mass is 10.1. The molecule has 0 aliphatic rings. The topological polar surface area (TPSA) is 67.3 Å². The van der Waals surface area contributed by atoms with Crippen molar-refractivity contribution < 1.29 is 0 Å². The minimum atomic E-state index is 0.732. The molecular formula is C18H13N5. The van der Waals surface area contributed by atoms with Crippen molar-refractivity contribution in [3.8, 4) is 33.9 Å². The fraction of sp³-hybridized carbons (Fsp3) is 0. The highest BCUT2D eigenvalue weighted by atomic mass is 15.3. The Kier molecular flexibility index (Phi) is 3.37. The number of H-pyrrole nitrogens is 1. The Morgan fingerprint density at radius 3 is 2.22 bits per heavy atom. The summed E-state index contributed by atoms with van der Waals surface area (Å²) < 4.78 is 0. The van der Waals surface area contributed by atoms with E-state index >= 15 is 0 Å². The van der Waals surface area contributed by atoms with Gasteiger partial charge in [0, 0.05) is 23.5 Å². The van der Waals surface area contributed by atoms with Crippen LogP contribution in [0.25, 0.3) is 33.9 Å². The first-order valence-corrected chi connectivity index (χ1v) is 7.26. The summed E-state index contributed by atoms with van der Waals surface area (Å²) in [7, 11) is 0. The van der Waals surface area contributed by atoms with Crippen LogP contribution in [0.1, 0.15) is 0 Å². The van der Waals surface area contributed by atoms with E-state index in [1.807, 2.05) is 60.7 Å². The Morgan fingerprint density at radius 1 is 0.609 bits per heavy atom.